The van der Waals surface area contributed by atoms with Crippen molar-refractivity contribution >= 4 is 27.5 Å². The van der Waals surface area contributed by atoms with Gasteiger partial charge in [0.25, 0.3) is 0 Å². The molecule has 1 amide bonds. The van der Waals surface area contributed by atoms with Crippen molar-refractivity contribution in [3.05, 3.63) is 24.3 Å². The molecule has 0 aromatic heterocycles. The number of carbonyl (C=O) groups is 1. The maximum Gasteiger partial charge on any atom is 0.398 e. The van der Waals surface area contributed by atoms with Crippen molar-refractivity contribution in [3.8, 4) is 6.07 Å². The molecule has 2 atom stereocenters. The lowest BCUT2D eigenvalue weighted by Crippen LogP contribution is -2.39. The van der Waals surface area contributed by atoms with Crippen molar-refractivity contribution in [1.29, 1.82) is 5.26 Å². The smallest absolute Gasteiger partial charge is 0.343 e. The van der Waals surface area contributed by atoms with Gasteiger partial charge in [-0.2, -0.15) is 18.4 Å². The van der Waals surface area contributed by atoms with E-state index in [1.165, 1.54) is 24.3 Å². The Morgan fingerprint density at radius 2 is 1.86 bits per heavy atom. The number of nitriles is 1. The van der Waals surface area contributed by atoms with Gasteiger partial charge in [0.2, 0.25) is 5.91 Å². The summed E-state index contributed by atoms with van der Waals surface area (Å²) in [5.41, 5.74) is 0. The van der Waals surface area contributed by atoms with Gasteiger partial charge >= 0.3 is 6.18 Å². The number of hydrogen-bond acceptors (Lipinski definition) is 5. The summed E-state index contributed by atoms with van der Waals surface area (Å²) < 4.78 is 62.3. The number of sulfone groups is 1. The van der Waals surface area contributed by atoms with Gasteiger partial charge in [-0.15, -0.1) is 11.8 Å². The number of nitrogens with one attached hydrogen (secondary N) is 1. The van der Waals surface area contributed by atoms with Crippen molar-refractivity contribution in [3.63, 3.8) is 0 Å². The van der Waals surface area contributed by atoms with E-state index in [-0.39, 0.29) is 29.0 Å². The molecule has 1 saturated carbocycles. The van der Waals surface area contributed by atoms with Gasteiger partial charge in [0.05, 0.1) is 22.5 Å². The van der Waals surface area contributed by atoms with Crippen LogP contribution in [0, 0.1) is 23.2 Å². The molecule has 154 valence electrons. The molecular formula is C18H21F3N2O3S2. The predicted octanol–water partition coefficient (Wildman–Crippen LogP) is 3.56. The topological polar surface area (TPSA) is 87.0 Å². The second-order valence-corrected chi connectivity index (χ2v) is 9.77. The fourth-order valence-corrected chi connectivity index (χ4v) is 5.66. The van der Waals surface area contributed by atoms with Gasteiger partial charge in [0, 0.05) is 10.8 Å². The van der Waals surface area contributed by atoms with Gasteiger partial charge in [0.15, 0.2) is 9.84 Å². The first kappa shape index (κ1) is 22.6. The van der Waals surface area contributed by atoms with Gasteiger partial charge in [0.1, 0.15) is 6.54 Å². The van der Waals surface area contributed by atoms with Gasteiger partial charge in [-0.05, 0) is 43.0 Å². The molecule has 0 spiro atoms. The van der Waals surface area contributed by atoms with Gasteiger partial charge in [-0.1, -0.05) is 12.8 Å². The fraction of sp³-hybridized carbons (Fsp3) is 0.556. The normalized spacial score (nSPS) is 20.4. The zero-order valence-corrected chi connectivity index (χ0v) is 16.7. The average molecular weight is 435 g/mol. The molecule has 1 aromatic rings. The lowest BCUT2D eigenvalue weighted by atomic mass is 9.80. The van der Waals surface area contributed by atoms with E-state index in [9.17, 15) is 26.4 Å². The summed E-state index contributed by atoms with van der Waals surface area (Å²) in [4.78, 5) is 12.6. The number of halogens is 3. The Labute approximate surface area is 166 Å². The monoisotopic (exact) mass is 434 g/mol. The minimum absolute atomic E-state index is 0.0330. The molecule has 28 heavy (non-hydrogen) atoms. The molecule has 1 aromatic carbocycles. The number of alkyl halides is 3. The average Bonchev–Trinajstić information content (AvgIpc) is 2.64. The summed E-state index contributed by atoms with van der Waals surface area (Å²) in [6.07, 6.45) is -1.47. The molecule has 1 aliphatic carbocycles. The van der Waals surface area contributed by atoms with Crippen LogP contribution in [0.1, 0.15) is 25.7 Å². The number of benzene rings is 1. The van der Waals surface area contributed by atoms with Crippen molar-refractivity contribution in [1.82, 2.24) is 5.32 Å². The second kappa shape index (κ2) is 9.65. The van der Waals surface area contributed by atoms with Crippen LogP contribution in [-0.2, 0) is 14.6 Å². The van der Waals surface area contributed by atoms with Crippen LogP contribution in [0.3, 0.4) is 0 Å². The number of nitrogens with zero attached hydrogens (tertiary/aromatic N) is 1. The Hall–Kier alpha value is -1.73. The van der Waals surface area contributed by atoms with E-state index >= 15 is 0 Å². The molecule has 0 radical (unpaired) electrons. The molecule has 2 rings (SSSR count). The molecule has 2 unspecified atom stereocenters. The van der Waals surface area contributed by atoms with Gasteiger partial charge in [-0.25, -0.2) is 8.42 Å². The third kappa shape index (κ3) is 6.71. The standard InChI is InChI=1S/C18H21F3N2O3S2/c19-18(20,21)12-27-14-5-7-15(8-6-14)28(25,26)11-13-3-1-2-4-16(13)17(24)23-10-9-22/h5-8,13,16H,1-4,10-12H2,(H,23,24). The lowest BCUT2D eigenvalue weighted by Gasteiger charge is -2.30. The maximum atomic E-state index is 12.7. The zero-order valence-electron chi connectivity index (χ0n) is 15.0. The SMILES string of the molecule is N#CCNC(=O)C1CCCCC1CS(=O)(=O)c1ccc(SCC(F)(F)F)cc1. The molecule has 5 nitrogen and oxygen atoms in total. The van der Waals surface area contributed by atoms with Crippen molar-refractivity contribution < 1.29 is 26.4 Å². The minimum Gasteiger partial charge on any atom is -0.343 e. The van der Waals surface area contributed by atoms with Gasteiger partial charge < -0.3 is 5.32 Å². The highest BCUT2D eigenvalue weighted by Gasteiger charge is 2.34. The summed E-state index contributed by atoms with van der Waals surface area (Å²) >= 11 is 0.595. The lowest BCUT2D eigenvalue weighted by molar-refractivity contribution is -0.127. The van der Waals surface area contributed by atoms with Crippen LogP contribution in [0.2, 0.25) is 0 Å². The van der Waals surface area contributed by atoms with E-state index < -0.39 is 27.7 Å². The fourth-order valence-electron chi connectivity index (χ4n) is 3.30. The third-order valence-electron chi connectivity index (χ3n) is 4.61. The van der Waals surface area contributed by atoms with Crippen LogP contribution >= 0.6 is 11.8 Å². The Morgan fingerprint density at radius 3 is 2.46 bits per heavy atom. The maximum absolute atomic E-state index is 12.7. The number of thioether (sulfide) groups is 1. The van der Waals surface area contributed by atoms with E-state index in [1.54, 1.807) is 0 Å². The van der Waals surface area contributed by atoms with E-state index in [1.807, 2.05) is 6.07 Å². The Morgan fingerprint density at radius 1 is 1.21 bits per heavy atom. The highest BCUT2D eigenvalue weighted by molar-refractivity contribution is 7.99. The number of rotatable bonds is 7. The van der Waals surface area contributed by atoms with Crippen LogP contribution in [0.4, 0.5) is 13.2 Å². The van der Waals surface area contributed by atoms with E-state index in [0.29, 0.717) is 29.5 Å². The molecule has 0 aliphatic heterocycles. The molecular weight excluding hydrogens is 413 g/mol. The molecule has 1 aliphatic rings. The molecule has 0 bridgehead atoms. The third-order valence-corrected chi connectivity index (χ3v) is 7.54. The molecule has 1 fully saturated rings. The molecule has 0 heterocycles. The first-order valence-corrected chi connectivity index (χ1v) is 11.4. The predicted molar refractivity (Wildman–Crippen MR) is 99.3 cm³/mol. The zero-order chi connectivity index (χ0) is 20.8. The highest BCUT2D eigenvalue weighted by atomic mass is 32.2. The van der Waals surface area contributed by atoms with Crippen LogP contribution in [0.25, 0.3) is 0 Å². The number of carbonyl (C=O) groups excluding carboxylic acids is 1. The number of amides is 1. The van der Waals surface area contributed by atoms with Gasteiger partial charge in [-0.3, -0.25) is 4.79 Å². The molecule has 0 saturated heterocycles. The quantitative estimate of drug-likeness (QED) is 0.524. The van der Waals surface area contributed by atoms with E-state index in [0.717, 1.165) is 12.8 Å². The summed E-state index contributed by atoms with van der Waals surface area (Å²) in [6.45, 7) is -0.119. The Balaban J connectivity index is 2.06. The number of hydrogen-bond donors (Lipinski definition) is 1. The largest absolute Gasteiger partial charge is 0.398 e. The van der Waals surface area contributed by atoms with Crippen molar-refractivity contribution in [2.24, 2.45) is 11.8 Å². The first-order valence-electron chi connectivity index (χ1n) is 8.79. The minimum atomic E-state index is -4.29. The summed E-state index contributed by atoms with van der Waals surface area (Å²) in [5.74, 6) is -2.36. The first-order chi connectivity index (χ1) is 13.1. The van der Waals surface area contributed by atoms with Crippen LogP contribution in [0.5, 0.6) is 0 Å². The summed E-state index contributed by atoms with van der Waals surface area (Å²) in [6, 6.07) is 7.17. The van der Waals surface area contributed by atoms with Crippen LogP contribution in [0.15, 0.2) is 34.1 Å². The summed E-state index contributed by atoms with van der Waals surface area (Å²) in [7, 11) is -3.68. The Bertz CT molecular complexity index is 818. The molecule has 1 N–H and O–H groups in total. The Kier molecular flexibility index (Phi) is 7.78. The van der Waals surface area contributed by atoms with Crippen LogP contribution < -0.4 is 5.32 Å². The highest BCUT2D eigenvalue weighted by Crippen LogP contribution is 2.33. The second-order valence-electron chi connectivity index (χ2n) is 6.68. The molecule has 10 heteroatoms. The van der Waals surface area contributed by atoms with Crippen LogP contribution in [-0.4, -0.2) is 38.6 Å². The van der Waals surface area contributed by atoms with E-state index in [4.69, 9.17) is 5.26 Å². The van der Waals surface area contributed by atoms with Crippen molar-refractivity contribution in [2.45, 2.75) is 41.7 Å². The van der Waals surface area contributed by atoms with Crippen molar-refractivity contribution in [2.75, 3.05) is 18.1 Å². The summed E-state index contributed by atoms with van der Waals surface area (Å²) in [5, 5.41) is 11.1. The van der Waals surface area contributed by atoms with E-state index in [2.05, 4.69) is 5.32 Å².